The number of benzene rings is 3. The van der Waals surface area contributed by atoms with Crippen LogP contribution in [0.3, 0.4) is 0 Å². The highest BCUT2D eigenvalue weighted by molar-refractivity contribution is 6.35. The molecule has 0 bridgehead atoms. The van der Waals surface area contributed by atoms with Gasteiger partial charge in [-0.2, -0.15) is 0 Å². The highest BCUT2D eigenvalue weighted by Gasteiger charge is 2.23. The largest absolute Gasteiger partial charge is 0.324 e. The third-order valence-corrected chi connectivity index (χ3v) is 4.28. The molecular weight excluding hydrogens is 341 g/mol. The van der Waals surface area contributed by atoms with Crippen molar-refractivity contribution in [3.63, 3.8) is 0 Å². The smallest absolute Gasteiger partial charge is 0.236 e. The van der Waals surface area contributed by atoms with E-state index in [1.54, 1.807) is 18.2 Å². The summed E-state index contributed by atoms with van der Waals surface area (Å²) in [5.74, 6) is -0.584. The first-order valence-electron chi connectivity index (χ1n) is 7.51. The number of nitrogens with one attached hydrogen (secondary N) is 1. The highest BCUT2D eigenvalue weighted by atomic mass is 35.5. The Balaban J connectivity index is 1.97. The fourth-order valence-corrected chi connectivity index (χ4v) is 2.92. The van der Waals surface area contributed by atoms with Gasteiger partial charge in [-0.3, -0.25) is 4.79 Å². The molecule has 0 aromatic heterocycles. The van der Waals surface area contributed by atoms with E-state index >= 15 is 0 Å². The van der Waals surface area contributed by atoms with Gasteiger partial charge in [-0.15, -0.1) is 0 Å². The molecular formula is C20H15Cl2NO. The first kappa shape index (κ1) is 16.6. The van der Waals surface area contributed by atoms with Crippen LogP contribution >= 0.6 is 23.2 Å². The predicted octanol–water partition coefficient (Wildman–Crippen LogP) is 5.76. The Morgan fingerprint density at radius 1 is 0.792 bits per heavy atom. The lowest BCUT2D eigenvalue weighted by atomic mass is 9.90. The molecule has 0 aliphatic heterocycles. The average molecular weight is 356 g/mol. The van der Waals surface area contributed by atoms with Crippen molar-refractivity contribution in [3.8, 4) is 0 Å². The number of carbonyl (C=O) groups excluding carboxylic acids is 1. The van der Waals surface area contributed by atoms with Crippen molar-refractivity contribution in [2.75, 3.05) is 5.32 Å². The van der Waals surface area contributed by atoms with Gasteiger partial charge in [0.15, 0.2) is 0 Å². The van der Waals surface area contributed by atoms with Crippen LogP contribution in [0.5, 0.6) is 0 Å². The summed E-state index contributed by atoms with van der Waals surface area (Å²) in [7, 11) is 0. The van der Waals surface area contributed by atoms with E-state index in [9.17, 15) is 4.79 Å². The lowest BCUT2D eigenvalue weighted by Crippen LogP contribution is -2.22. The van der Waals surface area contributed by atoms with Gasteiger partial charge in [0.1, 0.15) is 0 Å². The van der Waals surface area contributed by atoms with Gasteiger partial charge in [0.25, 0.3) is 0 Å². The molecule has 3 aromatic carbocycles. The summed E-state index contributed by atoms with van der Waals surface area (Å²) in [6.45, 7) is 0. The van der Waals surface area contributed by atoms with E-state index < -0.39 is 5.92 Å². The third kappa shape index (κ3) is 3.78. The van der Waals surface area contributed by atoms with Crippen molar-refractivity contribution < 1.29 is 4.79 Å². The molecule has 1 amide bonds. The molecule has 1 N–H and O–H groups in total. The average Bonchev–Trinajstić information content (AvgIpc) is 2.60. The van der Waals surface area contributed by atoms with Crippen LogP contribution in [0.25, 0.3) is 0 Å². The molecule has 0 saturated carbocycles. The summed E-state index contributed by atoms with van der Waals surface area (Å²) in [5, 5.41) is 3.86. The minimum Gasteiger partial charge on any atom is -0.324 e. The number of anilines is 1. The maximum absolute atomic E-state index is 13.0. The topological polar surface area (TPSA) is 29.1 Å². The van der Waals surface area contributed by atoms with Crippen LogP contribution in [0.2, 0.25) is 10.0 Å². The van der Waals surface area contributed by atoms with Crippen molar-refractivity contribution in [1.29, 1.82) is 0 Å². The van der Waals surface area contributed by atoms with Gasteiger partial charge in [-0.05, 0) is 29.3 Å². The van der Waals surface area contributed by atoms with Crippen LogP contribution in [0.15, 0.2) is 78.9 Å². The van der Waals surface area contributed by atoms with Crippen molar-refractivity contribution in [1.82, 2.24) is 0 Å². The van der Waals surface area contributed by atoms with Gasteiger partial charge in [0.2, 0.25) is 5.91 Å². The monoisotopic (exact) mass is 355 g/mol. The Morgan fingerprint density at radius 2 is 1.33 bits per heavy atom. The molecule has 0 heterocycles. The van der Waals surface area contributed by atoms with E-state index in [1.165, 1.54) is 0 Å². The lowest BCUT2D eigenvalue weighted by Gasteiger charge is -2.18. The Kier molecular flexibility index (Phi) is 5.19. The Labute approximate surface area is 151 Å². The SMILES string of the molecule is O=C(Nc1cc(Cl)ccc1Cl)C(c1ccccc1)c1ccccc1. The standard InChI is InChI=1S/C20H15Cl2NO/c21-16-11-12-17(22)18(13-16)23-20(24)19(14-7-3-1-4-8-14)15-9-5-2-6-10-15/h1-13,19H,(H,23,24). The fourth-order valence-electron chi connectivity index (χ4n) is 2.58. The van der Waals surface area contributed by atoms with E-state index in [0.717, 1.165) is 11.1 Å². The molecule has 0 aliphatic rings. The third-order valence-electron chi connectivity index (χ3n) is 3.71. The van der Waals surface area contributed by atoms with Crippen molar-refractivity contribution in [2.45, 2.75) is 5.92 Å². The van der Waals surface area contributed by atoms with Crippen LogP contribution in [-0.4, -0.2) is 5.91 Å². The van der Waals surface area contributed by atoms with Gasteiger partial charge in [0, 0.05) is 5.02 Å². The molecule has 2 nitrogen and oxygen atoms in total. The molecule has 0 saturated heterocycles. The second-order valence-electron chi connectivity index (χ2n) is 5.37. The number of amides is 1. The minimum absolute atomic E-state index is 0.156. The number of hydrogen-bond acceptors (Lipinski definition) is 1. The maximum atomic E-state index is 13.0. The van der Waals surface area contributed by atoms with Gasteiger partial charge >= 0.3 is 0 Å². The van der Waals surface area contributed by atoms with Crippen LogP contribution < -0.4 is 5.32 Å². The van der Waals surface area contributed by atoms with Crippen molar-refractivity contribution in [2.24, 2.45) is 0 Å². The molecule has 0 fully saturated rings. The number of carbonyl (C=O) groups is 1. The van der Waals surface area contributed by atoms with E-state index in [0.29, 0.717) is 15.7 Å². The highest BCUT2D eigenvalue weighted by Crippen LogP contribution is 2.30. The Morgan fingerprint density at radius 3 is 1.88 bits per heavy atom. The zero-order chi connectivity index (χ0) is 16.9. The second-order valence-corrected chi connectivity index (χ2v) is 6.21. The Bertz CT molecular complexity index is 795. The van der Waals surface area contributed by atoms with E-state index in [4.69, 9.17) is 23.2 Å². The summed E-state index contributed by atoms with van der Waals surface area (Å²) in [4.78, 5) is 13.0. The maximum Gasteiger partial charge on any atom is 0.236 e. The zero-order valence-corrected chi connectivity index (χ0v) is 14.3. The molecule has 0 aliphatic carbocycles. The predicted molar refractivity (Wildman–Crippen MR) is 99.8 cm³/mol. The normalized spacial score (nSPS) is 10.6. The molecule has 3 aromatic rings. The van der Waals surface area contributed by atoms with E-state index in [-0.39, 0.29) is 5.91 Å². The summed E-state index contributed by atoms with van der Waals surface area (Å²) >= 11 is 12.2. The quantitative estimate of drug-likeness (QED) is 0.632. The van der Waals surface area contributed by atoms with Crippen LogP contribution in [-0.2, 0) is 4.79 Å². The summed E-state index contributed by atoms with van der Waals surface area (Å²) in [6.07, 6.45) is 0. The van der Waals surface area contributed by atoms with Crippen molar-refractivity contribution in [3.05, 3.63) is 100 Å². The van der Waals surface area contributed by atoms with Crippen LogP contribution in [0, 0.1) is 0 Å². The minimum atomic E-state index is -0.428. The molecule has 120 valence electrons. The molecule has 0 unspecified atom stereocenters. The first-order valence-corrected chi connectivity index (χ1v) is 8.26. The summed E-state index contributed by atoms with van der Waals surface area (Å²) < 4.78 is 0. The molecule has 0 atom stereocenters. The molecule has 0 radical (unpaired) electrons. The second kappa shape index (κ2) is 7.52. The molecule has 0 spiro atoms. The molecule has 4 heteroatoms. The fraction of sp³-hybridized carbons (Fsp3) is 0.0500. The van der Waals surface area contributed by atoms with Gasteiger partial charge < -0.3 is 5.32 Å². The summed E-state index contributed by atoms with van der Waals surface area (Å²) in [6, 6.07) is 24.3. The number of hydrogen-bond donors (Lipinski definition) is 1. The van der Waals surface area contributed by atoms with Crippen LogP contribution in [0.1, 0.15) is 17.0 Å². The summed E-state index contributed by atoms with van der Waals surface area (Å²) in [5.41, 5.74) is 2.34. The van der Waals surface area contributed by atoms with Crippen LogP contribution in [0.4, 0.5) is 5.69 Å². The van der Waals surface area contributed by atoms with Gasteiger partial charge in [-0.25, -0.2) is 0 Å². The molecule has 24 heavy (non-hydrogen) atoms. The van der Waals surface area contributed by atoms with Gasteiger partial charge in [-0.1, -0.05) is 83.9 Å². The number of halogens is 2. The van der Waals surface area contributed by atoms with Gasteiger partial charge in [0.05, 0.1) is 16.6 Å². The molecule has 3 rings (SSSR count). The van der Waals surface area contributed by atoms with E-state index in [2.05, 4.69) is 5.32 Å². The Hall–Kier alpha value is -2.29. The number of rotatable bonds is 4. The first-order chi connectivity index (χ1) is 11.6. The zero-order valence-electron chi connectivity index (χ0n) is 12.7. The lowest BCUT2D eigenvalue weighted by molar-refractivity contribution is -0.116. The van der Waals surface area contributed by atoms with Crippen molar-refractivity contribution >= 4 is 34.8 Å². The van der Waals surface area contributed by atoms with E-state index in [1.807, 2.05) is 60.7 Å².